The van der Waals surface area contributed by atoms with Gasteiger partial charge in [0.1, 0.15) is 0 Å². The van der Waals surface area contributed by atoms with E-state index in [0.29, 0.717) is 5.88 Å². The minimum absolute atomic E-state index is 0.279. The minimum Gasteiger partial charge on any atom is -0.297 e. The number of thiazole rings is 1. The fourth-order valence-electron chi connectivity index (χ4n) is 2.18. The number of rotatable bonds is 4. The summed E-state index contributed by atoms with van der Waals surface area (Å²) in [5.41, 5.74) is 2.34. The number of imidazole rings is 1. The van der Waals surface area contributed by atoms with Gasteiger partial charge >= 0.3 is 0 Å². The molecule has 0 aliphatic rings. The quantitative estimate of drug-likeness (QED) is 0.619. The topological polar surface area (TPSA) is 17.3 Å². The molecular weight excluding hydrogens is 344 g/mol. The Balaban J connectivity index is 1.87. The Morgan fingerprint density at radius 1 is 1.37 bits per heavy atom. The predicted octanol–water partition coefficient (Wildman–Crippen LogP) is 4.72. The highest BCUT2D eigenvalue weighted by molar-refractivity contribution is 9.10. The number of alkyl halides is 1. The van der Waals surface area contributed by atoms with Gasteiger partial charge in [0.05, 0.1) is 5.69 Å². The molecule has 2 heterocycles. The molecule has 98 valence electrons. The summed E-state index contributed by atoms with van der Waals surface area (Å²) in [6.45, 7) is 0. The first-order chi connectivity index (χ1) is 9.28. The van der Waals surface area contributed by atoms with Crippen LogP contribution >= 0.6 is 38.9 Å². The third kappa shape index (κ3) is 2.71. The maximum atomic E-state index is 6.14. The van der Waals surface area contributed by atoms with Crippen molar-refractivity contribution in [1.82, 2.24) is 9.38 Å². The van der Waals surface area contributed by atoms with Gasteiger partial charge in [0.25, 0.3) is 0 Å². The number of fused-ring (bicyclic) bond motifs is 1. The summed E-state index contributed by atoms with van der Waals surface area (Å²) >= 11 is 11.4. The van der Waals surface area contributed by atoms with Crippen LogP contribution in [0.25, 0.3) is 4.96 Å². The van der Waals surface area contributed by atoms with Crippen molar-refractivity contribution < 1.29 is 0 Å². The van der Waals surface area contributed by atoms with Gasteiger partial charge in [-0.25, -0.2) is 4.98 Å². The summed E-state index contributed by atoms with van der Waals surface area (Å²) in [6.07, 6.45) is 4.98. The number of aromatic nitrogens is 2. The SMILES string of the molecule is ClCC(Cc1cn2ccsc2n1)c1ccccc1Br. The van der Waals surface area contributed by atoms with E-state index in [0.717, 1.165) is 21.5 Å². The van der Waals surface area contributed by atoms with E-state index in [1.54, 1.807) is 11.3 Å². The van der Waals surface area contributed by atoms with E-state index in [9.17, 15) is 0 Å². The second-order valence-electron chi connectivity index (χ2n) is 4.40. The minimum atomic E-state index is 0.279. The second kappa shape index (κ2) is 5.65. The molecule has 1 unspecified atom stereocenters. The number of hydrogen-bond acceptors (Lipinski definition) is 2. The van der Waals surface area contributed by atoms with Crippen molar-refractivity contribution in [3.8, 4) is 0 Å². The molecule has 2 nitrogen and oxygen atoms in total. The molecule has 0 aliphatic carbocycles. The van der Waals surface area contributed by atoms with Gasteiger partial charge in [-0.2, -0.15) is 0 Å². The number of hydrogen-bond donors (Lipinski definition) is 0. The van der Waals surface area contributed by atoms with Gasteiger partial charge in [0.2, 0.25) is 0 Å². The van der Waals surface area contributed by atoms with E-state index in [4.69, 9.17) is 11.6 Å². The summed E-state index contributed by atoms with van der Waals surface area (Å²) < 4.78 is 3.17. The molecule has 3 rings (SSSR count). The summed E-state index contributed by atoms with van der Waals surface area (Å²) in [5, 5.41) is 2.04. The van der Waals surface area contributed by atoms with Crippen LogP contribution in [0.2, 0.25) is 0 Å². The van der Waals surface area contributed by atoms with Crippen LogP contribution in [-0.4, -0.2) is 15.3 Å². The Hall–Kier alpha value is -0.840. The highest BCUT2D eigenvalue weighted by Crippen LogP contribution is 2.29. The smallest absolute Gasteiger partial charge is 0.193 e. The summed E-state index contributed by atoms with van der Waals surface area (Å²) in [4.78, 5) is 5.66. The molecule has 5 heteroatoms. The average molecular weight is 356 g/mol. The van der Waals surface area contributed by atoms with Crippen LogP contribution in [0.1, 0.15) is 17.2 Å². The standard InChI is InChI=1S/C14H12BrClN2S/c15-13-4-2-1-3-12(13)10(8-16)7-11-9-18-5-6-19-14(18)17-11/h1-6,9-10H,7-8H2. The molecule has 0 N–H and O–H groups in total. The van der Waals surface area contributed by atoms with Crippen LogP contribution in [0, 0.1) is 0 Å². The molecule has 0 amide bonds. The van der Waals surface area contributed by atoms with Gasteiger partial charge in [-0.05, 0) is 18.1 Å². The molecule has 0 fully saturated rings. The van der Waals surface area contributed by atoms with E-state index in [-0.39, 0.29) is 5.92 Å². The molecular formula is C14H12BrClN2S. The first-order valence-electron chi connectivity index (χ1n) is 5.99. The summed E-state index contributed by atoms with van der Waals surface area (Å²) in [6, 6.07) is 8.24. The Bertz CT molecular complexity index is 663. The highest BCUT2D eigenvalue weighted by atomic mass is 79.9. The molecule has 3 aromatic rings. The lowest BCUT2D eigenvalue weighted by Crippen LogP contribution is -2.05. The molecule has 1 atom stereocenters. The Kier molecular flexibility index (Phi) is 3.91. The van der Waals surface area contributed by atoms with E-state index < -0.39 is 0 Å². The molecule has 0 bridgehead atoms. The maximum Gasteiger partial charge on any atom is 0.193 e. The molecule has 0 aliphatic heterocycles. The first kappa shape index (κ1) is 13.2. The van der Waals surface area contributed by atoms with Crippen LogP contribution in [0.4, 0.5) is 0 Å². The van der Waals surface area contributed by atoms with Crippen LogP contribution in [0.5, 0.6) is 0 Å². The van der Waals surface area contributed by atoms with Crippen molar-refractivity contribution in [2.45, 2.75) is 12.3 Å². The summed E-state index contributed by atoms with van der Waals surface area (Å²) in [7, 11) is 0. The lowest BCUT2D eigenvalue weighted by atomic mass is 9.96. The van der Waals surface area contributed by atoms with Crippen molar-refractivity contribution in [2.75, 3.05) is 5.88 Å². The zero-order valence-electron chi connectivity index (χ0n) is 10.1. The van der Waals surface area contributed by atoms with Gasteiger partial charge in [-0.3, -0.25) is 4.40 Å². The monoisotopic (exact) mass is 354 g/mol. The van der Waals surface area contributed by atoms with Crippen LogP contribution in [0.15, 0.2) is 46.5 Å². The lowest BCUT2D eigenvalue weighted by Gasteiger charge is -2.14. The fraction of sp³-hybridized carbons (Fsp3) is 0.214. The molecule has 0 spiro atoms. The zero-order chi connectivity index (χ0) is 13.2. The van der Waals surface area contributed by atoms with Crippen molar-refractivity contribution in [2.24, 2.45) is 0 Å². The average Bonchev–Trinajstić information content (AvgIpc) is 2.97. The zero-order valence-corrected chi connectivity index (χ0v) is 13.3. The Morgan fingerprint density at radius 3 is 2.95 bits per heavy atom. The Labute approximate surface area is 129 Å². The molecule has 19 heavy (non-hydrogen) atoms. The van der Waals surface area contributed by atoms with Crippen LogP contribution in [-0.2, 0) is 6.42 Å². The molecule has 2 aromatic heterocycles. The predicted molar refractivity (Wildman–Crippen MR) is 84.4 cm³/mol. The van der Waals surface area contributed by atoms with Crippen molar-refractivity contribution in [3.05, 3.63) is 57.8 Å². The Morgan fingerprint density at radius 2 is 2.21 bits per heavy atom. The van der Waals surface area contributed by atoms with Crippen molar-refractivity contribution in [1.29, 1.82) is 0 Å². The van der Waals surface area contributed by atoms with Crippen molar-refractivity contribution >= 4 is 43.8 Å². The second-order valence-corrected chi connectivity index (χ2v) is 6.44. The van der Waals surface area contributed by atoms with Gasteiger partial charge in [-0.15, -0.1) is 22.9 Å². The normalized spacial score (nSPS) is 12.9. The lowest BCUT2D eigenvalue weighted by molar-refractivity contribution is 0.748. The van der Waals surface area contributed by atoms with E-state index >= 15 is 0 Å². The van der Waals surface area contributed by atoms with E-state index in [2.05, 4.69) is 43.6 Å². The number of halogens is 2. The van der Waals surface area contributed by atoms with Gasteiger partial charge in [-0.1, -0.05) is 34.1 Å². The largest absolute Gasteiger partial charge is 0.297 e. The molecule has 0 saturated heterocycles. The maximum absolute atomic E-state index is 6.14. The molecule has 0 radical (unpaired) electrons. The van der Waals surface area contributed by atoms with E-state index in [1.165, 1.54) is 5.56 Å². The van der Waals surface area contributed by atoms with Gasteiger partial charge < -0.3 is 0 Å². The highest BCUT2D eigenvalue weighted by Gasteiger charge is 2.16. The van der Waals surface area contributed by atoms with E-state index in [1.807, 2.05) is 23.7 Å². The molecule has 0 saturated carbocycles. The van der Waals surface area contributed by atoms with Gasteiger partial charge in [0.15, 0.2) is 4.96 Å². The first-order valence-corrected chi connectivity index (χ1v) is 8.20. The third-order valence-corrected chi connectivity index (χ3v) is 5.00. The molecule has 1 aromatic carbocycles. The van der Waals surface area contributed by atoms with Crippen molar-refractivity contribution in [3.63, 3.8) is 0 Å². The van der Waals surface area contributed by atoms with Crippen LogP contribution in [0.3, 0.4) is 0 Å². The fourth-order valence-corrected chi connectivity index (χ4v) is 3.78. The summed E-state index contributed by atoms with van der Waals surface area (Å²) in [5.74, 6) is 0.871. The van der Waals surface area contributed by atoms with Gasteiger partial charge in [0, 0.05) is 34.0 Å². The third-order valence-electron chi connectivity index (χ3n) is 3.13. The van der Waals surface area contributed by atoms with Crippen LogP contribution < -0.4 is 0 Å². The number of nitrogens with zero attached hydrogens (tertiary/aromatic N) is 2. The number of benzene rings is 1.